The second-order valence-electron chi connectivity index (χ2n) is 6.14. The molecule has 0 saturated carbocycles. The van der Waals surface area contributed by atoms with Gasteiger partial charge in [0.05, 0.1) is 11.9 Å². The molecule has 1 aliphatic carbocycles. The summed E-state index contributed by atoms with van der Waals surface area (Å²) in [6, 6.07) is 6.57. The van der Waals surface area contributed by atoms with E-state index in [1.54, 1.807) is 0 Å². The van der Waals surface area contributed by atoms with Crippen molar-refractivity contribution in [1.82, 2.24) is 30.3 Å². The Bertz CT molecular complexity index is 814. The van der Waals surface area contributed by atoms with Crippen LogP contribution in [0.5, 0.6) is 0 Å². The second-order valence-corrected chi connectivity index (χ2v) is 6.14. The third kappa shape index (κ3) is 2.66. The number of aromatic nitrogens is 5. The topological polar surface area (TPSA) is 71.4 Å². The number of nitrogens with one attached hydrogen (secondary N) is 2. The normalized spacial score (nSPS) is 16.7. The smallest absolute Gasteiger partial charge is 0.153 e. The van der Waals surface area contributed by atoms with Gasteiger partial charge in [0, 0.05) is 35.7 Å². The third-order valence-electron chi connectivity index (χ3n) is 4.40. The lowest BCUT2D eigenvalue weighted by Crippen LogP contribution is -2.18. The Morgan fingerprint density at radius 1 is 1.30 bits per heavy atom. The Morgan fingerprint density at radius 3 is 2.96 bits per heavy atom. The highest BCUT2D eigenvalue weighted by Gasteiger charge is 2.23. The van der Waals surface area contributed by atoms with Gasteiger partial charge in [-0.25, -0.2) is 9.67 Å². The number of rotatable bonds is 4. The molecule has 0 fully saturated rings. The fourth-order valence-electron chi connectivity index (χ4n) is 3.23. The van der Waals surface area contributed by atoms with Gasteiger partial charge in [-0.05, 0) is 44.4 Å². The van der Waals surface area contributed by atoms with Crippen molar-refractivity contribution in [2.45, 2.75) is 39.3 Å². The van der Waals surface area contributed by atoms with Crippen LogP contribution in [0.4, 0.5) is 0 Å². The first-order chi connectivity index (χ1) is 11.2. The monoisotopic (exact) mass is 308 g/mol. The molecule has 3 aromatic rings. The zero-order valence-corrected chi connectivity index (χ0v) is 13.4. The fraction of sp³-hybridized carbons (Fsp3) is 0.353. The molecule has 0 bridgehead atoms. The number of hydrogen-bond acceptors (Lipinski definition) is 4. The van der Waals surface area contributed by atoms with E-state index in [9.17, 15) is 0 Å². The summed E-state index contributed by atoms with van der Waals surface area (Å²) in [7, 11) is 0. The quantitative estimate of drug-likeness (QED) is 0.776. The molecule has 0 spiro atoms. The van der Waals surface area contributed by atoms with Gasteiger partial charge in [0.25, 0.3) is 0 Å². The summed E-state index contributed by atoms with van der Waals surface area (Å²) >= 11 is 0. The Kier molecular flexibility index (Phi) is 3.46. The number of aryl methyl sites for hydroxylation is 3. The molecule has 0 radical (unpaired) electrons. The maximum absolute atomic E-state index is 4.54. The zero-order chi connectivity index (χ0) is 15.8. The van der Waals surface area contributed by atoms with E-state index in [0.29, 0.717) is 6.04 Å². The van der Waals surface area contributed by atoms with E-state index in [1.807, 2.05) is 37.0 Å². The van der Waals surface area contributed by atoms with Crippen molar-refractivity contribution in [1.29, 1.82) is 0 Å². The molecule has 0 aromatic carbocycles. The van der Waals surface area contributed by atoms with Gasteiger partial charge < -0.3 is 5.32 Å². The van der Waals surface area contributed by atoms with Crippen LogP contribution in [0.2, 0.25) is 0 Å². The highest BCUT2D eigenvalue weighted by atomic mass is 15.3. The summed E-state index contributed by atoms with van der Waals surface area (Å²) in [5.74, 6) is 0.859. The van der Waals surface area contributed by atoms with Crippen LogP contribution in [0.25, 0.3) is 5.82 Å². The van der Waals surface area contributed by atoms with E-state index in [2.05, 4.69) is 37.7 Å². The van der Waals surface area contributed by atoms with Gasteiger partial charge in [0.2, 0.25) is 0 Å². The van der Waals surface area contributed by atoms with E-state index in [4.69, 9.17) is 0 Å². The predicted molar refractivity (Wildman–Crippen MR) is 87.3 cm³/mol. The van der Waals surface area contributed by atoms with Crippen molar-refractivity contribution in [3.8, 4) is 5.82 Å². The summed E-state index contributed by atoms with van der Waals surface area (Å²) in [4.78, 5) is 4.54. The largest absolute Gasteiger partial charge is 0.306 e. The van der Waals surface area contributed by atoms with E-state index in [0.717, 1.165) is 36.6 Å². The van der Waals surface area contributed by atoms with Crippen LogP contribution in [-0.4, -0.2) is 25.0 Å². The molecule has 6 nitrogen and oxygen atoms in total. The fourth-order valence-corrected chi connectivity index (χ4v) is 3.23. The molecular weight excluding hydrogens is 288 g/mol. The minimum Gasteiger partial charge on any atom is -0.306 e. The first-order valence-corrected chi connectivity index (χ1v) is 7.95. The average Bonchev–Trinajstić information content (AvgIpc) is 3.22. The number of aromatic amines is 1. The summed E-state index contributed by atoms with van der Waals surface area (Å²) < 4.78 is 1.88. The lowest BCUT2D eigenvalue weighted by atomic mass is 10.2. The molecule has 1 unspecified atom stereocenters. The van der Waals surface area contributed by atoms with Gasteiger partial charge in [-0.3, -0.25) is 5.10 Å². The Hall–Kier alpha value is -2.47. The highest BCUT2D eigenvalue weighted by molar-refractivity contribution is 5.29. The van der Waals surface area contributed by atoms with Crippen LogP contribution in [0.15, 0.2) is 30.6 Å². The molecular formula is C17H20N6. The Morgan fingerprint density at radius 2 is 2.22 bits per heavy atom. The molecule has 0 aliphatic heterocycles. The minimum absolute atomic E-state index is 0.388. The first kappa shape index (κ1) is 14.1. The average molecular weight is 308 g/mol. The van der Waals surface area contributed by atoms with Gasteiger partial charge in [-0.1, -0.05) is 6.07 Å². The molecule has 23 heavy (non-hydrogen) atoms. The number of hydrogen-bond donors (Lipinski definition) is 2. The standard InChI is InChI=1S/C17H20N6/c1-11-7-12(2)23(22-11)17-6-3-13(9-19-17)8-18-15-4-5-16-14(15)10-20-21-16/h3,6-7,9-10,15,18H,4-5,8H2,1-2H3,(H,20,21). The maximum Gasteiger partial charge on any atom is 0.153 e. The van der Waals surface area contributed by atoms with Crippen LogP contribution >= 0.6 is 0 Å². The molecule has 2 N–H and O–H groups in total. The maximum atomic E-state index is 4.54. The third-order valence-corrected chi connectivity index (χ3v) is 4.40. The number of fused-ring (bicyclic) bond motifs is 1. The summed E-state index contributed by atoms with van der Waals surface area (Å²) in [6.07, 6.45) is 6.05. The summed E-state index contributed by atoms with van der Waals surface area (Å²) in [5.41, 5.74) is 5.84. The van der Waals surface area contributed by atoms with Crippen molar-refractivity contribution in [2.75, 3.05) is 0 Å². The lowest BCUT2D eigenvalue weighted by Gasteiger charge is -2.12. The van der Waals surface area contributed by atoms with Crippen molar-refractivity contribution in [3.05, 3.63) is 58.8 Å². The minimum atomic E-state index is 0.388. The van der Waals surface area contributed by atoms with Crippen LogP contribution in [0.3, 0.4) is 0 Å². The molecule has 0 saturated heterocycles. The van der Waals surface area contributed by atoms with Crippen LogP contribution < -0.4 is 5.32 Å². The van der Waals surface area contributed by atoms with E-state index >= 15 is 0 Å². The molecule has 3 heterocycles. The summed E-state index contributed by atoms with van der Waals surface area (Å²) in [5, 5.41) is 15.2. The molecule has 4 rings (SSSR count). The Balaban J connectivity index is 1.44. The van der Waals surface area contributed by atoms with Gasteiger partial charge >= 0.3 is 0 Å². The number of nitrogens with zero attached hydrogens (tertiary/aromatic N) is 4. The molecule has 1 atom stereocenters. The first-order valence-electron chi connectivity index (χ1n) is 7.95. The highest BCUT2D eigenvalue weighted by Crippen LogP contribution is 2.29. The van der Waals surface area contributed by atoms with Crippen molar-refractivity contribution in [3.63, 3.8) is 0 Å². The van der Waals surface area contributed by atoms with Crippen molar-refractivity contribution < 1.29 is 0 Å². The van der Waals surface area contributed by atoms with Gasteiger partial charge in [-0.15, -0.1) is 0 Å². The lowest BCUT2D eigenvalue weighted by molar-refractivity contribution is 0.527. The van der Waals surface area contributed by atoms with Gasteiger partial charge in [-0.2, -0.15) is 10.2 Å². The summed E-state index contributed by atoms with van der Waals surface area (Å²) in [6.45, 7) is 4.84. The van der Waals surface area contributed by atoms with Crippen LogP contribution in [0.1, 0.15) is 40.7 Å². The number of H-pyrrole nitrogens is 1. The van der Waals surface area contributed by atoms with E-state index < -0.39 is 0 Å². The predicted octanol–water partition coefficient (Wildman–Crippen LogP) is 2.38. The number of pyridine rings is 1. The van der Waals surface area contributed by atoms with Gasteiger partial charge in [0.1, 0.15) is 0 Å². The van der Waals surface area contributed by atoms with Crippen LogP contribution in [0, 0.1) is 13.8 Å². The van der Waals surface area contributed by atoms with Crippen molar-refractivity contribution in [2.24, 2.45) is 0 Å². The molecule has 6 heteroatoms. The van der Waals surface area contributed by atoms with E-state index in [1.165, 1.54) is 16.8 Å². The van der Waals surface area contributed by atoms with E-state index in [-0.39, 0.29) is 0 Å². The molecule has 118 valence electrons. The zero-order valence-electron chi connectivity index (χ0n) is 13.4. The molecule has 3 aromatic heterocycles. The molecule has 0 amide bonds. The van der Waals surface area contributed by atoms with Gasteiger partial charge in [0.15, 0.2) is 5.82 Å². The molecule has 1 aliphatic rings. The SMILES string of the molecule is Cc1cc(C)n(-c2ccc(CNC3CCc4[nH]ncc43)cn2)n1. The van der Waals surface area contributed by atoms with Crippen LogP contribution in [-0.2, 0) is 13.0 Å². The Labute approximate surface area is 135 Å². The van der Waals surface area contributed by atoms with Crippen molar-refractivity contribution >= 4 is 0 Å². The second kappa shape index (κ2) is 5.62.